The van der Waals surface area contributed by atoms with Crippen LogP contribution in [0.1, 0.15) is 90.4 Å². The summed E-state index contributed by atoms with van der Waals surface area (Å²) >= 11 is 0. The van der Waals surface area contributed by atoms with Gasteiger partial charge in [0.05, 0.1) is 6.26 Å². The van der Waals surface area contributed by atoms with Crippen LogP contribution in [0.4, 0.5) is 0 Å². The summed E-state index contributed by atoms with van der Waals surface area (Å²) in [6.45, 7) is 5.61. The second-order valence-corrected chi connectivity index (χ2v) is 5.69. The van der Waals surface area contributed by atoms with Crippen LogP contribution in [0.25, 0.3) is 0 Å². The largest absolute Gasteiger partial charge is 0.432 e. The number of allylic oxidation sites excluding steroid dienone is 1. The molecule has 122 valence electrons. The van der Waals surface area contributed by atoms with Crippen LogP contribution in [0, 0.1) is 0 Å². The van der Waals surface area contributed by atoms with E-state index < -0.39 is 0 Å². The molecule has 0 radical (unpaired) electrons. The molecule has 0 aliphatic rings. The number of carbonyl (C=O) groups excluding carboxylic acids is 1. The molecule has 2 heteroatoms. The van der Waals surface area contributed by atoms with Crippen LogP contribution in [-0.4, -0.2) is 5.97 Å². The Hall–Kier alpha value is -1.05. The zero-order valence-electron chi connectivity index (χ0n) is 13.9. The smallest absolute Gasteiger partial charge is 0.334 e. The Morgan fingerprint density at radius 1 is 0.857 bits per heavy atom. The summed E-state index contributed by atoms with van der Waals surface area (Å²) in [6, 6.07) is 0. The van der Waals surface area contributed by atoms with Crippen molar-refractivity contribution in [1.29, 1.82) is 0 Å². The third-order valence-corrected chi connectivity index (χ3v) is 3.67. The fourth-order valence-corrected chi connectivity index (χ4v) is 2.33. The number of esters is 1. The fraction of sp³-hybridized carbons (Fsp3) is 0.737. The summed E-state index contributed by atoms with van der Waals surface area (Å²) in [5, 5.41) is 0. The molecule has 0 aliphatic carbocycles. The number of hydrogen-bond donors (Lipinski definition) is 0. The first kappa shape index (κ1) is 19.9. The highest BCUT2D eigenvalue weighted by Gasteiger charge is 1.93. The van der Waals surface area contributed by atoms with Crippen LogP contribution in [0.15, 0.2) is 25.0 Å². The quantitative estimate of drug-likeness (QED) is 0.153. The molecule has 0 N–H and O–H groups in total. The minimum absolute atomic E-state index is 0.388. The zero-order chi connectivity index (χ0) is 15.6. The van der Waals surface area contributed by atoms with E-state index in [9.17, 15) is 4.79 Å². The van der Waals surface area contributed by atoms with E-state index in [1.165, 1.54) is 89.4 Å². The van der Waals surface area contributed by atoms with Crippen LogP contribution in [0.3, 0.4) is 0 Å². The molecular weight excluding hydrogens is 260 g/mol. The Bertz CT molecular complexity index is 269. The maximum atomic E-state index is 10.8. The van der Waals surface area contributed by atoms with Gasteiger partial charge in [0.25, 0.3) is 0 Å². The van der Waals surface area contributed by atoms with Crippen LogP contribution >= 0.6 is 0 Å². The SMILES string of the molecule is C=CC(=O)OC=CCCCCCCCCCCCCCC. The summed E-state index contributed by atoms with van der Waals surface area (Å²) in [7, 11) is 0. The molecule has 0 rings (SSSR count). The highest BCUT2D eigenvalue weighted by molar-refractivity contribution is 5.81. The van der Waals surface area contributed by atoms with Crippen LogP contribution in [0.2, 0.25) is 0 Å². The molecular formula is C19H34O2. The molecule has 0 aromatic heterocycles. The molecule has 0 saturated heterocycles. The molecule has 2 nitrogen and oxygen atoms in total. The van der Waals surface area contributed by atoms with Crippen molar-refractivity contribution in [2.75, 3.05) is 0 Å². The van der Waals surface area contributed by atoms with Crippen molar-refractivity contribution in [3.8, 4) is 0 Å². The van der Waals surface area contributed by atoms with E-state index in [-0.39, 0.29) is 5.97 Å². The number of carbonyl (C=O) groups is 1. The topological polar surface area (TPSA) is 26.3 Å². The van der Waals surface area contributed by atoms with Gasteiger partial charge in [0.15, 0.2) is 0 Å². The Kier molecular flexibility index (Phi) is 16.2. The van der Waals surface area contributed by atoms with Gasteiger partial charge < -0.3 is 4.74 Å². The molecule has 0 saturated carbocycles. The Balaban J connectivity index is 3.09. The Morgan fingerprint density at radius 3 is 1.81 bits per heavy atom. The number of unbranched alkanes of at least 4 members (excludes halogenated alkanes) is 12. The standard InChI is InChI=1S/C19H34O2/c1-3-5-6-7-8-9-10-11-12-13-14-15-16-17-18-21-19(20)4-2/h4,17-18H,2-3,5-16H2,1H3. The Labute approximate surface area is 131 Å². The van der Waals surface area contributed by atoms with E-state index in [4.69, 9.17) is 4.74 Å². The Morgan fingerprint density at radius 2 is 1.33 bits per heavy atom. The first-order chi connectivity index (χ1) is 10.3. The van der Waals surface area contributed by atoms with E-state index in [1.807, 2.05) is 6.08 Å². The predicted octanol–water partition coefficient (Wildman–Crippen LogP) is 6.32. The monoisotopic (exact) mass is 294 g/mol. The minimum atomic E-state index is -0.388. The van der Waals surface area contributed by atoms with Gasteiger partial charge in [-0.15, -0.1) is 0 Å². The molecule has 0 bridgehead atoms. The van der Waals surface area contributed by atoms with Crippen molar-refractivity contribution >= 4 is 5.97 Å². The van der Waals surface area contributed by atoms with Gasteiger partial charge in [-0.1, -0.05) is 84.1 Å². The van der Waals surface area contributed by atoms with Gasteiger partial charge in [0.1, 0.15) is 0 Å². The summed E-state index contributed by atoms with van der Waals surface area (Å²) < 4.78 is 4.76. The number of hydrogen-bond acceptors (Lipinski definition) is 2. The number of ether oxygens (including phenoxy) is 1. The summed E-state index contributed by atoms with van der Waals surface area (Å²) in [5.74, 6) is -0.388. The van der Waals surface area contributed by atoms with Gasteiger partial charge in [-0.2, -0.15) is 0 Å². The molecule has 0 aromatic rings. The predicted molar refractivity (Wildman–Crippen MR) is 91.1 cm³/mol. The van der Waals surface area contributed by atoms with Crippen LogP contribution in [0.5, 0.6) is 0 Å². The van der Waals surface area contributed by atoms with Gasteiger partial charge in [-0.3, -0.25) is 0 Å². The van der Waals surface area contributed by atoms with E-state index in [0.29, 0.717) is 0 Å². The first-order valence-corrected chi connectivity index (χ1v) is 8.79. The third kappa shape index (κ3) is 16.9. The fourth-order valence-electron chi connectivity index (χ4n) is 2.33. The van der Waals surface area contributed by atoms with Crippen molar-refractivity contribution < 1.29 is 9.53 Å². The maximum absolute atomic E-state index is 10.8. The highest BCUT2D eigenvalue weighted by Crippen LogP contribution is 2.12. The summed E-state index contributed by atoms with van der Waals surface area (Å²) in [4.78, 5) is 10.8. The van der Waals surface area contributed by atoms with Crippen LogP contribution < -0.4 is 0 Å². The second kappa shape index (κ2) is 17.0. The van der Waals surface area contributed by atoms with Gasteiger partial charge >= 0.3 is 5.97 Å². The third-order valence-electron chi connectivity index (χ3n) is 3.67. The van der Waals surface area contributed by atoms with Crippen molar-refractivity contribution in [2.45, 2.75) is 90.4 Å². The molecule has 0 fully saturated rings. The first-order valence-electron chi connectivity index (χ1n) is 8.79. The van der Waals surface area contributed by atoms with E-state index in [0.717, 1.165) is 6.42 Å². The summed E-state index contributed by atoms with van der Waals surface area (Å²) in [6.07, 6.45) is 21.9. The van der Waals surface area contributed by atoms with E-state index in [1.54, 1.807) is 0 Å². The van der Waals surface area contributed by atoms with Crippen molar-refractivity contribution in [2.24, 2.45) is 0 Å². The lowest BCUT2D eigenvalue weighted by molar-refractivity contribution is -0.132. The molecule has 0 atom stereocenters. The normalized spacial score (nSPS) is 10.9. The molecule has 0 aliphatic heterocycles. The molecule has 0 spiro atoms. The van der Waals surface area contributed by atoms with Crippen molar-refractivity contribution in [1.82, 2.24) is 0 Å². The minimum Gasteiger partial charge on any atom is -0.432 e. The van der Waals surface area contributed by atoms with Gasteiger partial charge in [-0.05, 0) is 18.9 Å². The van der Waals surface area contributed by atoms with Gasteiger partial charge in [0, 0.05) is 6.08 Å². The van der Waals surface area contributed by atoms with Crippen LogP contribution in [-0.2, 0) is 9.53 Å². The zero-order valence-corrected chi connectivity index (χ0v) is 13.9. The maximum Gasteiger partial charge on any atom is 0.334 e. The highest BCUT2D eigenvalue weighted by atomic mass is 16.5. The molecule has 0 amide bonds. The average Bonchev–Trinajstić information content (AvgIpc) is 2.50. The second-order valence-electron chi connectivity index (χ2n) is 5.69. The lowest BCUT2D eigenvalue weighted by Gasteiger charge is -2.02. The summed E-state index contributed by atoms with van der Waals surface area (Å²) in [5.41, 5.74) is 0. The molecule has 21 heavy (non-hydrogen) atoms. The van der Waals surface area contributed by atoms with E-state index in [2.05, 4.69) is 13.5 Å². The molecule has 0 heterocycles. The lowest BCUT2D eigenvalue weighted by atomic mass is 10.0. The van der Waals surface area contributed by atoms with E-state index >= 15 is 0 Å². The van der Waals surface area contributed by atoms with Gasteiger partial charge in [0.2, 0.25) is 0 Å². The average molecular weight is 294 g/mol. The molecule has 0 unspecified atom stereocenters. The molecule has 0 aromatic carbocycles. The lowest BCUT2D eigenvalue weighted by Crippen LogP contribution is -1.91. The van der Waals surface area contributed by atoms with Crippen molar-refractivity contribution in [3.05, 3.63) is 25.0 Å². The number of rotatable bonds is 15. The van der Waals surface area contributed by atoms with Crippen molar-refractivity contribution in [3.63, 3.8) is 0 Å². The van der Waals surface area contributed by atoms with Gasteiger partial charge in [-0.25, -0.2) is 4.79 Å².